The molecule has 1 aromatic carbocycles. The van der Waals surface area contributed by atoms with Gasteiger partial charge in [0.05, 0.1) is 11.0 Å². The van der Waals surface area contributed by atoms with Gasteiger partial charge >= 0.3 is 0 Å². The second-order valence-corrected chi connectivity index (χ2v) is 3.61. The molecular formula is C9H10BrNO2. The molecule has 1 rings (SSSR count). The average molecular weight is 244 g/mol. The summed E-state index contributed by atoms with van der Waals surface area (Å²) in [6, 6.07) is 3.19. The van der Waals surface area contributed by atoms with Crippen molar-refractivity contribution in [2.24, 2.45) is 5.73 Å². The Morgan fingerprint density at radius 3 is 2.69 bits per heavy atom. The van der Waals surface area contributed by atoms with E-state index in [1.807, 2.05) is 0 Å². The molecule has 0 aliphatic rings. The number of phenolic OH excluding ortho intramolecular Hbond substituents is 1. The fraction of sp³-hybridized carbons (Fsp3) is 0.222. The monoisotopic (exact) mass is 243 g/mol. The summed E-state index contributed by atoms with van der Waals surface area (Å²) in [4.78, 5) is 11.2. The van der Waals surface area contributed by atoms with Crippen molar-refractivity contribution >= 4 is 21.7 Å². The van der Waals surface area contributed by atoms with Gasteiger partial charge in [-0.05, 0) is 40.5 Å². The molecule has 0 aliphatic heterocycles. The first-order valence-corrected chi connectivity index (χ1v) is 4.58. The van der Waals surface area contributed by atoms with E-state index in [9.17, 15) is 9.90 Å². The molecule has 0 heterocycles. The Bertz CT molecular complexity index is 326. The average Bonchev–Trinajstić information content (AvgIpc) is 2.12. The molecule has 0 aliphatic carbocycles. The maximum atomic E-state index is 11.2. The van der Waals surface area contributed by atoms with E-state index in [-0.39, 0.29) is 18.1 Å². The van der Waals surface area contributed by atoms with Gasteiger partial charge in [-0.25, -0.2) is 0 Å². The normalized spacial score (nSPS) is 10.1. The number of aromatic hydroxyl groups is 1. The standard InChI is InChI=1S/C9H10BrNO2/c1-5-2-6(8(12)4-11)3-7(10)9(5)13/h2-3,13H,4,11H2,1H3. The third-order valence-electron chi connectivity index (χ3n) is 1.76. The molecule has 1 aromatic rings. The number of carbonyl (C=O) groups is 1. The molecule has 0 fully saturated rings. The number of hydrogen-bond acceptors (Lipinski definition) is 3. The highest BCUT2D eigenvalue weighted by molar-refractivity contribution is 9.10. The molecule has 4 heteroatoms. The van der Waals surface area contributed by atoms with E-state index in [0.717, 1.165) is 0 Å². The van der Waals surface area contributed by atoms with E-state index < -0.39 is 0 Å². The maximum Gasteiger partial charge on any atom is 0.176 e. The molecule has 0 aromatic heterocycles. The number of rotatable bonds is 2. The highest BCUT2D eigenvalue weighted by Gasteiger charge is 2.08. The number of carbonyl (C=O) groups excluding carboxylic acids is 1. The molecule has 3 nitrogen and oxygen atoms in total. The fourth-order valence-corrected chi connectivity index (χ4v) is 1.57. The Morgan fingerprint density at radius 1 is 1.62 bits per heavy atom. The van der Waals surface area contributed by atoms with Crippen LogP contribution < -0.4 is 5.73 Å². The lowest BCUT2D eigenvalue weighted by Crippen LogP contribution is -2.13. The van der Waals surface area contributed by atoms with Gasteiger partial charge in [0.25, 0.3) is 0 Å². The number of Topliss-reactive ketones (excluding diaryl/α,β-unsaturated/α-hetero) is 1. The van der Waals surface area contributed by atoms with Gasteiger partial charge < -0.3 is 10.8 Å². The smallest absolute Gasteiger partial charge is 0.176 e. The summed E-state index contributed by atoms with van der Waals surface area (Å²) in [5, 5.41) is 9.40. The lowest BCUT2D eigenvalue weighted by atomic mass is 10.1. The van der Waals surface area contributed by atoms with E-state index in [1.54, 1.807) is 19.1 Å². The molecule has 13 heavy (non-hydrogen) atoms. The molecule has 70 valence electrons. The predicted molar refractivity (Wildman–Crippen MR) is 53.9 cm³/mol. The molecule has 0 amide bonds. The molecule has 0 bridgehead atoms. The van der Waals surface area contributed by atoms with Gasteiger partial charge in [-0.3, -0.25) is 4.79 Å². The number of nitrogens with two attached hydrogens (primary N) is 1. The van der Waals surface area contributed by atoms with Gasteiger partial charge in [-0.15, -0.1) is 0 Å². The van der Waals surface area contributed by atoms with Crippen LogP contribution in [-0.4, -0.2) is 17.4 Å². The highest BCUT2D eigenvalue weighted by Crippen LogP contribution is 2.28. The van der Waals surface area contributed by atoms with Crippen LogP contribution in [0.25, 0.3) is 0 Å². The summed E-state index contributed by atoms with van der Waals surface area (Å²) in [5.41, 5.74) is 6.39. The van der Waals surface area contributed by atoms with E-state index in [1.165, 1.54) is 0 Å². The number of aryl methyl sites for hydroxylation is 1. The summed E-state index contributed by atoms with van der Waals surface area (Å²) in [5.74, 6) is 0.0253. The first-order valence-electron chi connectivity index (χ1n) is 3.78. The summed E-state index contributed by atoms with van der Waals surface area (Å²) < 4.78 is 0.518. The van der Waals surface area contributed by atoms with Crippen LogP contribution in [0.15, 0.2) is 16.6 Å². The number of hydrogen-bond donors (Lipinski definition) is 2. The molecule has 3 N–H and O–H groups in total. The Balaban J connectivity index is 3.20. The van der Waals surface area contributed by atoms with Gasteiger partial charge in [0.15, 0.2) is 5.78 Å². The third kappa shape index (κ3) is 2.08. The van der Waals surface area contributed by atoms with Crippen molar-refractivity contribution < 1.29 is 9.90 Å². The van der Waals surface area contributed by atoms with Gasteiger partial charge in [0.1, 0.15) is 5.75 Å². The molecule has 0 atom stereocenters. The fourth-order valence-electron chi connectivity index (χ4n) is 1.02. The van der Waals surface area contributed by atoms with Gasteiger partial charge in [0.2, 0.25) is 0 Å². The lowest BCUT2D eigenvalue weighted by molar-refractivity contribution is 0.100. The second-order valence-electron chi connectivity index (χ2n) is 2.75. The summed E-state index contributed by atoms with van der Waals surface area (Å²) >= 11 is 3.15. The Kier molecular flexibility index (Phi) is 3.06. The largest absolute Gasteiger partial charge is 0.506 e. The van der Waals surface area contributed by atoms with Crippen LogP contribution in [0.5, 0.6) is 5.75 Å². The quantitative estimate of drug-likeness (QED) is 0.776. The van der Waals surface area contributed by atoms with Gasteiger partial charge in [-0.1, -0.05) is 0 Å². The maximum absolute atomic E-state index is 11.2. The minimum Gasteiger partial charge on any atom is -0.506 e. The van der Waals surface area contributed by atoms with Crippen molar-refractivity contribution in [3.63, 3.8) is 0 Å². The van der Waals surface area contributed by atoms with E-state index in [2.05, 4.69) is 15.9 Å². The zero-order chi connectivity index (χ0) is 10.0. The summed E-state index contributed by atoms with van der Waals surface area (Å²) in [7, 11) is 0. The number of ketones is 1. The molecule has 0 saturated carbocycles. The van der Waals surface area contributed by atoms with Crippen LogP contribution >= 0.6 is 15.9 Å². The molecule has 0 radical (unpaired) electrons. The Hall–Kier alpha value is -0.870. The van der Waals surface area contributed by atoms with Crippen molar-refractivity contribution in [2.75, 3.05) is 6.54 Å². The molecule has 0 spiro atoms. The Labute approximate surface area is 84.7 Å². The van der Waals surface area contributed by atoms with Crippen LogP contribution in [-0.2, 0) is 0 Å². The Morgan fingerprint density at radius 2 is 2.23 bits per heavy atom. The first-order chi connectivity index (χ1) is 6.06. The van der Waals surface area contributed by atoms with Crippen molar-refractivity contribution in [1.29, 1.82) is 0 Å². The second kappa shape index (κ2) is 3.89. The lowest BCUT2D eigenvalue weighted by Gasteiger charge is -2.04. The van der Waals surface area contributed by atoms with Gasteiger partial charge in [-0.2, -0.15) is 0 Å². The summed E-state index contributed by atoms with van der Waals surface area (Å²) in [6.45, 7) is 1.71. The zero-order valence-corrected chi connectivity index (χ0v) is 8.76. The first kappa shape index (κ1) is 10.2. The number of phenols is 1. The summed E-state index contributed by atoms with van der Waals surface area (Å²) in [6.07, 6.45) is 0. The zero-order valence-electron chi connectivity index (χ0n) is 7.17. The van der Waals surface area contributed by atoms with Crippen molar-refractivity contribution in [3.05, 3.63) is 27.7 Å². The third-order valence-corrected chi connectivity index (χ3v) is 2.37. The van der Waals surface area contributed by atoms with E-state index in [4.69, 9.17) is 5.73 Å². The number of halogens is 1. The predicted octanol–water partition coefficient (Wildman–Crippen LogP) is 1.60. The van der Waals surface area contributed by atoms with Gasteiger partial charge in [0, 0.05) is 5.56 Å². The molecule has 0 saturated heterocycles. The van der Waals surface area contributed by atoms with E-state index in [0.29, 0.717) is 15.6 Å². The van der Waals surface area contributed by atoms with Crippen molar-refractivity contribution in [2.45, 2.75) is 6.92 Å². The van der Waals surface area contributed by atoms with Crippen molar-refractivity contribution in [3.8, 4) is 5.75 Å². The van der Waals surface area contributed by atoms with Crippen LogP contribution in [0.1, 0.15) is 15.9 Å². The minimum absolute atomic E-state index is 0.0172. The van der Waals surface area contributed by atoms with E-state index >= 15 is 0 Å². The SMILES string of the molecule is Cc1cc(C(=O)CN)cc(Br)c1O. The van der Waals surface area contributed by atoms with Crippen LogP contribution in [0.4, 0.5) is 0 Å². The van der Waals surface area contributed by atoms with Crippen molar-refractivity contribution in [1.82, 2.24) is 0 Å². The highest BCUT2D eigenvalue weighted by atomic mass is 79.9. The van der Waals surface area contributed by atoms with Crippen LogP contribution in [0.3, 0.4) is 0 Å². The number of benzene rings is 1. The molecular weight excluding hydrogens is 234 g/mol. The topological polar surface area (TPSA) is 63.3 Å². The van der Waals surface area contributed by atoms with Crippen LogP contribution in [0, 0.1) is 6.92 Å². The molecule has 0 unspecified atom stereocenters. The minimum atomic E-state index is -0.135. The van der Waals surface area contributed by atoms with Crippen LogP contribution in [0.2, 0.25) is 0 Å².